The van der Waals surface area contributed by atoms with Crippen molar-refractivity contribution in [2.24, 2.45) is 5.73 Å². The fourth-order valence-corrected chi connectivity index (χ4v) is 4.48. The lowest BCUT2D eigenvalue weighted by Crippen LogP contribution is -2.53. The maximum absolute atomic E-state index is 13.1. The summed E-state index contributed by atoms with van der Waals surface area (Å²) >= 11 is 0. The number of hydrogen-bond acceptors (Lipinski definition) is 5. The average Bonchev–Trinajstić information content (AvgIpc) is 2.73. The van der Waals surface area contributed by atoms with Gasteiger partial charge in [-0.15, -0.1) is 0 Å². The van der Waals surface area contributed by atoms with E-state index in [0.29, 0.717) is 5.56 Å². The second-order valence-corrected chi connectivity index (χ2v) is 9.47. The van der Waals surface area contributed by atoms with E-state index in [-0.39, 0.29) is 49.3 Å². The Hall–Kier alpha value is -2.78. The number of rotatable bonds is 6. The highest BCUT2D eigenvalue weighted by molar-refractivity contribution is 7.91. The summed E-state index contributed by atoms with van der Waals surface area (Å²) in [5, 5.41) is 2.71. The van der Waals surface area contributed by atoms with Crippen LogP contribution >= 0.6 is 0 Å². The van der Waals surface area contributed by atoms with Gasteiger partial charge in [-0.25, -0.2) is 12.8 Å². The normalized spacial score (nSPS) is 16.7. The van der Waals surface area contributed by atoms with Gasteiger partial charge >= 0.3 is 0 Å². The first-order valence-corrected chi connectivity index (χ1v) is 11.5. The van der Waals surface area contributed by atoms with Gasteiger partial charge in [0.25, 0.3) is 5.91 Å². The monoisotopic (exact) mass is 433 g/mol. The van der Waals surface area contributed by atoms with E-state index in [1.165, 1.54) is 17.0 Å². The van der Waals surface area contributed by atoms with E-state index in [2.05, 4.69) is 5.32 Å². The van der Waals surface area contributed by atoms with Crippen molar-refractivity contribution in [3.8, 4) is 11.1 Å². The highest BCUT2D eigenvalue weighted by Gasteiger charge is 2.30. The van der Waals surface area contributed by atoms with Gasteiger partial charge in [-0.1, -0.05) is 24.3 Å². The topological polar surface area (TPSA) is 110 Å². The first-order valence-electron chi connectivity index (χ1n) is 9.65. The molecule has 1 fully saturated rings. The molecule has 0 bridgehead atoms. The summed E-state index contributed by atoms with van der Waals surface area (Å²) in [7, 11) is -3.11. The Morgan fingerprint density at radius 3 is 2.07 bits per heavy atom. The van der Waals surface area contributed by atoms with Crippen LogP contribution < -0.4 is 11.1 Å². The number of sulfone groups is 1. The zero-order valence-electron chi connectivity index (χ0n) is 16.4. The van der Waals surface area contributed by atoms with E-state index in [1.54, 1.807) is 36.4 Å². The molecule has 0 radical (unpaired) electrons. The standard InChI is InChI=1S/C21H24FN3O4S/c22-18-7-5-16(6-8-18)15-1-3-17(4-2-15)20(26)24-19(9-10-23)21(27)25-11-13-30(28,29)14-12-25/h1-8,19H,9-14,23H2,(H,24,26)/t19-/m0/s1. The first-order chi connectivity index (χ1) is 14.3. The lowest BCUT2D eigenvalue weighted by Gasteiger charge is -2.30. The molecule has 2 amide bonds. The molecule has 1 saturated heterocycles. The molecule has 0 saturated carbocycles. The molecule has 1 aliphatic heterocycles. The molecule has 30 heavy (non-hydrogen) atoms. The fourth-order valence-electron chi connectivity index (χ4n) is 3.28. The van der Waals surface area contributed by atoms with E-state index >= 15 is 0 Å². The minimum atomic E-state index is -3.11. The molecular formula is C21H24FN3O4S. The molecule has 1 heterocycles. The number of nitrogens with zero attached hydrogens (tertiary/aromatic N) is 1. The van der Waals surface area contributed by atoms with Crippen LogP contribution in [-0.4, -0.2) is 62.3 Å². The van der Waals surface area contributed by atoms with Crippen LogP contribution in [0.15, 0.2) is 48.5 Å². The van der Waals surface area contributed by atoms with E-state index in [0.717, 1.165) is 11.1 Å². The Kier molecular flexibility index (Phi) is 6.84. The largest absolute Gasteiger partial charge is 0.340 e. The smallest absolute Gasteiger partial charge is 0.251 e. The van der Waals surface area contributed by atoms with Crippen molar-refractivity contribution in [2.45, 2.75) is 12.5 Å². The summed E-state index contributed by atoms with van der Waals surface area (Å²) in [4.78, 5) is 26.9. The summed E-state index contributed by atoms with van der Waals surface area (Å²) in [5.41, 5.74) is 7.63. The van der Waals surface area contributed by atoms with Crippen LogP contribution in [-0.2, 0) is 14.6 Å². The Balaban J connectivity index is 1.67. The fraction of sp³-hybridized carbons (Fsp3) is 0.333. The van der Waals surface area contributed by atoms with Crippen molar-refractivity contribution in [1.29, 1.82) is 0 Å². The lowest BCUT2D eigenvalue weighted by atomic mass is 10.0. The number of nitrogens with one attached hydrogen (secondary N) is 1. The molecule has 2 aromatic rings. The number of halogens is 1. The quantitative estimate of drug-likeness (QED) is 0.711. The molecule has 0 aliphatic carbocycles. The minimum Gasteiger partial charge on any atom is -0.340 e. The van der Waals surface area contributed by atoms with Gasteiger partial charge in [0.05, 0.1) is 11.5 Å². The van der Waals surface area contributed by atoms with Crippen molar-refractivity contribution in [1.82, 2.24) is 10.2 Å². The molecule has 0 spiro atoms. The van der Waals surface area contributed by atoms with Crippen LogP contribution in [0, 0.1) is 5.82 Å². The number of nitrogens with two attached hydrogens (primary N) is 1. The molecule has 1 aliphatic rings. The van der Waals surface area contributed by atoms with Gasteiger partial charge in [-0.3, -0.25) is 9.59 Å². The summed E-state index contributed by atoms with van der Waals surface area (Å²) in [6.45, 7) is 0.432. The van der Waals surface area contributed by atoms with Crippen LogP contribution in [0.1, 0.15) is 16.8 Å². The zero-order chi connectivity index (χ0) is 21.7. The third-order valence-corrected chi connectivity index (χ3v) is 6.65. The molecule has 3 rings (SSSR count). The van der Waals surface area contributed by atoms with E-state index < -0.39 is 21.8 Å². The van der Waals surface area contributed by atoms with Crippen LogP contribution in [0.4, 0.5) is 4.39 Å². The molecular weight excluding hydrogens is 409 g/mol. The molecule has 160 valence electrons. The predicted molar refractivity (Wildman–Crippen MR) is 112 cm³/mol. The summed E-state index contributed by atoms with van der Waals surface area (Å²) in [5.74, 6) is -1.22. The maximum atomic E-state index is 13.1. The Morgan fingerprint density at radius 1 is 1.00 bits per heavy atom. The average molecular weight is 434 g/mol. The van der Waals surface area contributed by atoms with Gasteiger partial charge in [0.2, 0.25) is 5.91 Å². The first kappa shape index (κ1) is 21.9. The van der Waals surface area contributed by atoms with E-state index in [9.17, 15) is 22.4 Å². The second kappa shape index (κ2) is 9.36. The molecule has 2 aromatic carbocycles. The Bertz CT molecular complexity index is 994. The van der Waals surface area contributed by atoms with Gasteiger partial charge in [0.15, 0.2) is 9.84 Å². The van der Waals surface area contributed by atoms with Crippen molar-refractivity contribution in [3.05, 3.63) is 59.9 Å². The maximum Gasteiger partial charge on any atom is 0.251 e. The number of hydrogen-bond donors (Lipinski definition) is 2. The Labute approximate surface area is 175 Å². The van der Waals surface area contributed by atoms with Gasteiger partial charge in [-0.2, -0.15) is 0 Å². The molecule has 0 aromatic heterocycles. The van der Waals surface area contributed by atoms with Crippen LogP contribution in [0.2, 0.25) is 0 Å². The third-order valence-electron chi connectivity index (χ3n) is 5.04. The highest BCUT2D eigenvalue weighted by atomic mass is 32.2. The van der Waals surface area contributed by atoms with Crippen molar-refractivity contribution >= 4 is 21.7 Å². The highest BCUT2D eigenvalue weighted by Crippen LogP contribution is 2.20. The van der Waals surface area contributed by atoms with E-state index in [1.807, 2.05) is 0 Å². The van der Waals surface area contributed by atoms with Crippen molar-refractivity contribution in [3.63, 3.8) is 0 Å². The van der Waals surface area contributed by atoms with Gasteiger partial charge in [0, 0.05) is 18.7 Å². The van der Waals surface area contributed by atoms with Crippen LogP contribution in [0.3, 0.4) is 0 Å². The summed E-state index contributed by atoms with van der Waals surface area (Å²) < 4.78 is 36.2. The van der Waals surface area contributed by atoms with Gasteiger partial charge in [0.1, 0.15) is 11.9 Å². The number of amides is 2. The molecule has 1 atom stereocenters. The molecule has 0 unspecified atom stereocenters. The Morgan fingerprint density at radius 2 is 1.53 bits per heavy atom. The molecule has 9 heteroatoms. The molecule has 3 N–H and O–H groups in total. The van der Waals surface area contributed by atoms with Crippen molar-refractivity contribution < 1.29 is 22.4 Å². The third kappa shape index (κ3) is 5.43. The van der Waals surface area contributed by atoms with Crippen molar-refractivity contribution in [2.75, 3.05) is 31.1 Å². The predicted octanol–water partition coefficient (Wildman–Crippen LogP) is 1.20. The molecule has 7 nitrogen and oxygen atoms in total. The SMILES string of the molecule is NCC[C@H](NC(=O)c1ccc(-c2ccc(F)cc2)cc1)C(=O)N1CCS(=O)(=O)CC1. The van der Waals surface area contributed by atoms with E-state index in [4.69, 9.17) is 5.73 Å². The summed E-state index contributed by atoms with van der Waals surface area (Å²) in [6.07, 6.45) is 0.251. The van der Waals surface area contributed by atoms with Gasteiger partial charge < -0.3 is 16.0 Å². The summed E-state index contributed by atoms with van der Waals surface area (Å²) in [6, 6.07) is 12.0. The lowest BCUT2D eigenvalue weighted by molar-refractivity contribution is -0.133. The van der Waals surface area contributed by atoms with Crippen LogP contribution in [0.5, 0.6) is 0 Å². The zero-order valence-corrected chi connectivity index (χ0v) is 17.2. The number of benzene rings is 2. The number of carbonyl (C=O) groups is 2. The second-order valence-electron chi connectivity index (χ2n) is 7.16. The minimum absolute atomic E-state index is 0.0765. The van der Waals surface area contributed by atoms with Gasteiger partial charge in [-0.05, 0) is 48.4 Å². The number of carbonyl (C=O) groups excluding carboxylic acids is 2. The van der Waals surface area contributed by atoms with Crippen LogP contribution in [0.25, 0.3) is 11.1 Å².